The van der Waals surface area contributed by atoms with E-state index in [-0.39, 0.29) is 23.5 Å². The molecule has 1 N–H and O–H groups in total. The standard InChI is InChI=1S/C10H12FNOS.ClH/c11-8-1-3-9(4-2-8)14(13)10-5-6-12-7-10;/h1-4,10,12H,5-7H2;1H. The minimum absolute atomic E-state index is 0. The number of hydrogen-bond acceptors (Lipinski definition) is 2. The van der Waals surface area contributed by atoms with Gasteiger partial charge in [-0.1, -0.05) is 0 Å². The summed E-state index contributed by atoms with van der Waals surface area (Å²) >= 11 is 0. The van der Waals surface area contributed by atoms with Crippen molar-refractivity contribution in [1.82, 2.24) is 5.32 Å². The summed E-state index contributed by atoms with van der Waals surface area (Å²) in [5, 5.41) is 3.35. The highest BCUT2D eigenvalue weighted by Gasteiger charge is 2.21. The zero-order chi connectivity index (χ0) is 9.97. The molecule has 0 amide bonds. The van der Waals surface area contributed by atoms with Crippen molar-refractivity contribution < 1.29 is 8.60 Å². The summed E-state index contributed by atoms with van der Waals surface area (Å²) in [4.78, 5) is 0.722. The zero-order valence-corrected chi connectivity index (χ0v) is 9.74. The van der Waals surface area contributed by atoms with E-state index in [0.717, 1.165) is 24.4 Å². The van der Waals surface area contributed by atoms with Crippen LogP contribution in [0.25, 0.3) is 0 Å². The molecule has 0 saturated carbocycles. The molecule has 84 valence electrons. The predicted molar refractivity (Wildman–Crippen MR) is 61.3 cm³/mol. The fraction of sp³-hybridized carbons (Fsp3) is 0.400. The van der Waals surface area contributed by atoms with E-state index in [4.69, 9.17) is 0 Å². The first-order chi connectivity index (χ1) is 6.77. The molecule has 1 aromatic carbocycles. The van der Waals surface area contributed by atoms with Gasteiger partial charge in [-0.25, -0.2) is 4.39 Å². The fourth-order valence-electron chi connectivity index (χ4n) is 1.57. The molecule has 15 heavy (non-hydrogen) atoms. The molecule has 2 rings (SSSR count). The molecule has 1 aromatic rings. The molecule has 2 unspecified atom stereocenters. The lowest BCUT2D eigenvalue weighted by Gasteiger charge is -2.07. The summed E-state index contributed by atoms with van der Waals surface area (Å²) in [6.07, 6.45) is 0.935. The molecule has 0 radical (unpaired) electrons. The van der Waals surface area contributed by atoms with Crippen LogP contribution in [0.15, 0.2) is 29.2 Å². The van der Waals surface area contributed by atoms with Gasteiger partial charge in [0.15, 0.2) is 0 Å². The normalized spacial score (nSPS) is 22.1. The summed E-state index contributed by atoms with van der Waals surface area (Å²) in [6, 6.07) is 5.92. The molecule has 1 fully saturated rings. The largest absolute Gasteiger partial charge is 0.315 e. The third kappa shape index (κ3) is 3.00. The van der Waals surface area contributed by atoms with Crippen LogP contribution in [0.4, 0.5) is 4.39 Å². The topological polar surface area (TPSA) is 29.1 Å². The second-order valence-corrected chi connectivity index (χ2v) is 5.10. The summed E-state index contributed by atoms with van der Waals surface area (Å²) in [5.41, 5.74) is 0. The smallest absolute Gasteiger partial charge is 0.123 e. The molecule has 1 heterocycles. The van der Waals surface area contributed by atoms with E-state index in [1.165, 1.54) is 12.1 Å². The Balaban J connectivity index is 0.00000112. The maximum atomic E-state index is 12.6. The first-order valence-corrected chi connectivity index (χ1v) is 5.85. The average molecular weight is 250 g/mol. The third-order valence-corrected chi connectivity index (χ3v) is 4.11. The van der Waals surface area contributed by atoms with Crippen molar-refractivity contribution in [3.63, 3.8) is 0 Å². The Labute approximate surface area is 97.1 Å². The van der Waals surface area contributed by atoms with E-state index in [2.05, 4.69) is 5.32 Å². The van der Waals surface area contributed by atoms with Crippen LogP contribution < -0.4 is 5.32 Å². The zero-order valence-electron chi connectivity index (χ0n) is 8.11. The molecule has 1 aliphatic heterocycles. The van der Waals surface area contributed by atoms with Crippen LogP contribution in [-0.2, 0) is 10.8 Å². The van der Waals surface area contributed by atoms with E-state index in [9.17, 15) is 8.60 Å². The van der Waals surface area contributed by atoms with Crippen LogP contribution in [-0.4, -0.2) is 22.5 Å². The van der Waals surface area contributed by atoms with Gasteiger partial charge in [0, 0.05) is 11.4 Å². The lowest BCUT2D eigenvalue weighted by Crippen LogP contribution is -2.18. The fourth-order valence-corrected chi connectivity index (χ4v) is 2.96. The van der Waals surface area contributed by atoms with Gasteiger partial charge < -0.3 is 5.32 Å². The van der Waals surface area contributed by atoms with Crippen LogP contribution in [0, 0.1) is 5.82 Å². The van der Waals surface area contributed by atoms with E-state index >= 15 is 0 Å². The molecule has 0 spiro atoms. The van der Waals surface area contributed by atoms with Gasteiger partial charge in [0.25, 0.3) is 0 Å². The van der Waals surface area contributed by atoms with Gasteiger partial charge in [-0.2, -0.15) is 0 Å². The SMILES string of the molecule is Cl.O=S(c1ccc(F)cc1)C1CCNC1. The average Bonchev–Trinajstić information content (AvgIpc) is 2.71. The molecule has 2 nitrogen and oxygen atoms in total. The van der Waals surface area contributed by atoms with Crippen LogP contribution >= 0.6 is 12.4 Å². The van der Waals surface area contributed by atoms with E-state index in [1.807, 2.05) is 0 Å². The van der Waals surface area contributed by atoms with Gasteiger partial charge in [0.2, 0.25) is 0 Å². The van der Waals surface area contributed by atoms with Gasteiger partial charge in [-0.05, 0) is 37.2 Å². The highest BCUT2D eigenvalue weighted by atomic mass is 35.5. The van der Waals surface area contributed by atoms with Crippen molar-refractivity contribution in [1.29, 1.82) is 0 Å². The monoisotopic (exact) mass is 249 g/mol. The van der Waals surface area contributed by atoms with Crippen LogP contribution in [0.3, 0.4) is 0 Å². The summed E-state index contributed by atoms with van der Waals surface area (Å²) in [7, 11) is -0.996. The van der Waals surface area contributed by atoms with Gasteiger partial charge in [-0.3, -0.25) is 4.21 Å². The van der Waals surface area contributed by atoms with Gasteiger partial charge >= 0.3 is 0 Å². The molecular weight excluding hydrogens is 237 g/mol. The third-order valence-electron chi connectivity index (χ3n) is 2.36. The van der Waals surface area contributed by atoms with E-state index < -0.39 is 10.8 Å². The number of rotatable bonds is 2. The van der Waals surface area contributed by atoms with Gasteiger partial charge in [0.05, 0.1) is 16.0 Å². The van der Waals surface area contributed by atoms with Crippen molar-refractivity contribution in [3.05, 3.63) is 30.1 Å². The van der Waals surface area contributed by atoms with Crippen molar-refractivity contribution in [2.45, 2.75) is 16.6 Å². The summed E-state index contributed by atoms with van der Waals surface area (Å²) in [5.74, 6) is -0.282. The molecule has 0 aliphatic carbocycles. The molecule has 1 aliphatic rings. The van der Waals surface area contributed by atoms with Gasteiger partial charge in [0.1, 0.15) is 5.82 Å². The van der Waals surface area contributed by atoms with Gasteiger partial charge in [-0.15, -0.1) is 12.4 Å². The second-order valence-electron chi connectivity index (χ2n) is 3.37. The predicted octanol–water partition coefficient (Wildman–Crippen LogP) is 1.72. The first-order valence-electron chi connectivity index (χ1n) is 4.64. The Morgan fingerprint density at radius 2 is 2.00 bits per heavy atom. The lowest BCUT2D eigenvalue weighted by atomic mass is 10.3. The van der Waals surface area contributed by atoms with Crippen LogP contribution in [0.5, 0.6) is 0 Å². The highest BCUT2D eigenvalue weighted by molar-refractivity contribution is 7.85. The van der Waals surface area contributed by atoms with Crippen molar-refractivity contribution >= 4 is 23.2 Å². The van der Waals surface area contributed by atoms with Crippen molar-refractivity contribution in [2.75, 3.05) is 13.1 Å². The lowest BCUT2D eigenvalue weighted by molar-refractivity contribution is 0.626. The number of hydrogen-bond donors (Lipinski definition) is 1. The van der Waals surface area contributed by atoms with Crippen molar-refractivity contribution in [2.24, 2.45) is 0 Å². The Morgan fingerprint density at radius 3 is 2.53 bits per heavy atom. The maximum absolute atomic E-state index is 12.6. The first kappa shape index (κ1) is 12.6. The number of nitrogens with one attached hydrogen (secondary N) is 1. The minimum atomic E-state index is -0.996. The quantitative estimate of drug-likeness (QED) is 0.865. The molecule has 2 atom stereocenters. The molecular formula is C10H13ClFNOS. The van der Waals surface area contributed by atoms with Crippen molar-refractivity contribution in [3.8, 4) is 0 Å². The summed E-state index contributed by atoms with van der Waals surface area (Å²) in [6.45, 7) is 1.72. The Hall–Kier alpha value is -0.450. The number of halogens is 2. The molecule has 1 saturated heterocycles. The summed E-state index contributed by atoms with van der Waals surface area (Å²) < 4.78 is 24.5. The molecule has 0 aromatic heterocycles. The Morgan fingerprint density at radius 1 is 1.33 bits per heavy atom. The molecule has 5 heteroatoms. The molecule has 0 bridgehead atoms. The highest BCUT2D eigenvalue weighted by Crippen LogP contribution is 2.16. The van der Waals surface area contributed by atoms with E-state index in [0.29, 0.717) is 0 Å². The Kier molecular flexibility index (Phi) is 4.70. The Bertz CT molecular complexity index is 338. The van der Waals surface area contributed by atoms with E-state index in [1.54, 1.807) is 12.1 Å². The van der Waals surface area contributed by atoms with Crippen LogP contribution in [0.2, 0.25) is 0 Å². The van der Waals surface area contributed by atoms with Crippen LogP contribution in [0.1, 0.15) is 6.42 Å². The maximum Gasteiger partial charge on any atom is 0.123 e. The minimum Gasteiger partial charge on any atom is -0.315 e. The second kappa shape index (κ2) is 5.58. The number of benzene rings is 1.